The summed E-state index contributed by atoms with van der Waals surface area (Å²) in [6.07, 6.45) is 4.06. The molecule has 0 aromatic rings. The predicted molar refractivity (Wildman–Crippen MR) is 82.6 cm³/mol. The van der Waals surface area contributed by atoms with E-state index in [2.05, 4.69) is 42.5 Å². The standard InChI is InChI=1S/C16H33N3/c1-5-8-18-11-12-19(16(2,3)14-18)13-15-6-9-17(4)10-7-15/h15H,5-14H2,1-4H3. The highest BCUT2D eigenvalue weighted by Crippen LogP contribution is 2.25. The van der Waals surface area contributed by atoms with Gasteiger partial charge in [0.1, 0.15) is 0 Å². The van der Waals surface area contributed by atoms with E-state index in [4.69, 9.17) is 0 Å². The van der Waals surface area contributed by atoms with Crippen molar-refractivity contribution in [2.45, 2.75) is 45.6 Å². The van der Waals surface area contributed by atoms with Gasteiger partial charge in [-0.2, -0.15) is 0 Å². The van der Waals surface area contributed by atoms with Crippen LogP contribution in [0.25, 0.3) is 0 Å². The van der Waals surface area contributed by atoms with E-state index in [1.54, 1.807) is 0 Å². The highest BCUT2D eigenvalue weighted by molar-refractivity contribution is 4.91. The monoisotopic (exact) mass is 267 g/mol. The van der Waals surface area contributed by atoms with E-state index in [1.807, 2.05) is 0 Å². The second kappa shape index (κ2) is 6.55. The van der Waals surface area contributed by atoms with Crippen LogP contribution >= 0.6 is 0 Å². The van der Waals surface area contributed by atoms with Crippen LogP contribution in [0.4, 0.5) is 0 Å². The van der Waals surface area contributed by atoms with Crippen LogP contribution in [0.3, 0.4) is 0 Å². The van der Waals surface area contributed by atoms with Crippen molar-refractivity contribution in [1.29, 1.82) is 0 Å². The molecule has 0 N–H and O–H groups in total. The van der Waals surface area contributed by atoms with Crippen molar-refractivity contribution in [2.24, 2.45) is 5.92 Å². The molecule has 0 radical (unpaired) electrons. The molecule has 0 unspecified atom stereocenters. The quantitative estimate of drug-likeness (QED) is 0.773. The topological polar surface area (TPSA) is 9.72 Å². The van der Waals surface area contributed by atoms with Gasteiger partial charge in [0.05, 0.1) is 0 Å². The fraction of sp³-hybridized carbons (Fsp3) is 1.00. The zero-order valence-electron chi connectivity index (χ0n) is 13.5. The first-order chi connectivity index (χ1) is 9.01. The van der Waals surface area contributed by atoms with Gasteiger partial charge in [-0.25, -0.2) is 0 Å². The molecule has 0 amide bonds. The molecule has 3 nitrogen and oxygen atoms in total. The molecular formula is C16H33N3. The second-order valence-corrected chi connectivity index (χ2v) is 7.28. The summed E-state index contributed by atoms with van der Waals surface area (Å²) in [6, 6.07) is 0. The van der Waals surface area contributed by atoms with Crippen molar-refractivity contribution in [3.8, 4) is 0 Å². The normalized spacial score (nSPS) is 27.8. The first kappa shape index (κ1) is 15.3. The molecule has 2 aliphatic rings. The lowest BCUT2D eigenvalue weighted by molar-refractivity contribution is 0.00286. The molecule has 0 aliphatic carbocycles. The second-order valence-electron chi connectivity index (χ2n) is 7.28. The Labute approximate surface area is 119 Å². The number of hydrogen-bond donors (Lipinski definition) is 0. The molecule has 0 atom stereocenters. The molecule has 2 heterocycles. The van der Waals surface area contributed by atoms with Gasteiger partial charge in [-0.15, -0.1) is 0 Å². The number of piperazine rings is 1. The lowest BCUT2D eigenvalue weighted by Crippen LogP contribution is -2.60. The summed E-state index contributed by atoms with van der Waals surface area (Å²) in [7, 11) is 2.25. The van der Waals surface area contributed by atoms with E-state index < -0.39 is 0 Å². The van der Waals surface area contributed by atoms with Gasteiger partial charge in [-0.3, -0.25) is 4.90 Å². The summed E-state index contributed by atoms with van der Waals surface area (Å²) in [5.74, 6) is 0.924. The van der Waals surface area contributed by atoms with Crippen LogP contribution in [-0.4, -0.2) is 73.1 Å². The molecule has 0 bridgehead atoms. The Morgan fingerprint density at radius 2 is 1.74 bits per heavy atom. The fourth-order valence-electron chi connectivity index (χ4n) is 3.69. The van der Waals surface area contributed by atoms with Crippen molar-refractivity contribution in [1.82, 2.24) is 14.7 Å². The Kier molecular flexibility index (Phi) is 5.27. The van der Waals surface area contributed by atoms with Crippen LogP contribution in [0.1, 0.15) is 40.0 Å². The fourth-order valence-corrected chi connectivity index (χ4v) is 3.69. The minimum absolute atomic E-state index is 0.358. The van der Waals surface area contributed by atoms with Crippen LogP contribution in [0.5, 0.6) is 0 Å². The number of piperidine rings is 1. The van der Waals surface area contributed by atoms with Gasteiger partial charge in [0.15, 0.2) is 0 Å². The number of nitrogens with zero attached hydrogens (tertiary/aromatic N) is 3. The lowest BCUT2D eigenvalue weighted by Gasteiger charge is -2.49. The SMILES string of the molecule is CCCN1CCN(CC2CCN(C)CC2)C(C)(C)C1. The minimum atomic E-state index is 0.358. The Morgan fingerprint density at radius 3 is 2.32 bits per heavy atom. The first-order valence-electron chi connectivity index (χ1n) is 8.17. The Balaban J connectivity index is 1.83. The smallest absolute Gasteiger partial charge is 0.0280 e. The van der Waals surface area contributed by atoms with Crippen molar-refractivity contribution >= 4 is 0 Å². The van der Waals surface area contributed by atoms with E-state index in [0.717, 1.165) is 5.92 Å². The third-order valence-corrected chi connectivity index (χ3v) is 5.01. The third kappa shape index (κ3) is 4.17. The molecule has 0 spiro atoms. The number of hydrogen-bond acceptors (Lipinski definition) is 3. The van der Waals surface area contributed by atoms with E-state index >= 15 is 0 Å². The highest BCUT2D eigenvalue weighted by Gasteiger charge is 2.34. The molecule has 0 aromatic carbocycles. The van der Waals surface area contributed by atoms with Crippen molar-refractivity contribution in [3.63, 3.8) is 0 Å². The third-order valence-electron chi connectivity index (χ3n) is 5.01. The zero-order chi connectivity index (χ0) is 13.9. The van der Waals surface area contributed by atoms with Gasteiger partial charge in [0.2, 0.25) is 0 Å². The maximum absolute atomic E-state index is 2.76. The van der Waals surface area contributed by atoms with E-state index in [0.29, 0.717) is 5.54 Å². The molecule has 19 heavy (non-hydrogen) atoms. The molecule has 2 fully saturated rings. The summed E-state index contributed by atoms with van der Waals surface area (Å²) < 4.78 is 0. The van der Waals surface area contributed by atoms with Gasteiger partial charge >= 0.3 is 0 Å². The summed E-state index contributed by atoms with van der Waals surface area (Å²) in [5, 5.41) is 0. The summed E-state index contributed by atoms with van der Waals surface area (Å²) in [6.45, 7) is 16.1. The maximum Gasteiger partial charge on any atom is 0.0280 e. The molecule has 0 aromatic heterocycles. The Bertz CT molecular complexity index is 269. The van der Waals surface area contributed by atoms with E-state index in [-0.39, 0.29) is 0 Å². The van der Waals surface area contributed by atoms with E-state index in [1.165, 1.54) is 65.1 Å². The summed E-state index contributed by atoms with van der Waals surface area (Å²) >= 11 is 0. The molecule has 2 rings (SSSR count). The van der Waals surface area contributed by atoms with Crippen LogP contribution in [0.15, 0.2) is 0 Å². The van der Waals surface area contributed by atoms with Crippen molar-refractivity contribution < 1.29 is 0 Å². The molecule has 2 aliphatic heterocycles. The summed E-state index contributed by atoms with van der Waals surface area (Å²) in [5.41, 5.74) is 0.358. The average Bonchev–Trinajstić information content (AvgIpc) is 2.35. The molecular weight excluding hydrogens is 234 g/mol. The Hall–Kier alpha value is -0.120. The first-order valence-corrected chi connectivity index (χ1v) is 8.17. The maximum atomic E-state index is 2.76. The van der Waals surface area contributed by atoms with Crippen molar-refractivity contribution in [2.75, 3.05) is 52.9 Å². The van der Waals surface area contributed by atoms with Gasteiger partial charge in [-0.05, 0) is 65.7 Å². The van der Waals surface area contributed by atoms with Crippen LogP contribution in [0, 0.1) is 5.92 Å². The largest absolute Gasteiger partial charge is 0.306 e. The zero-order valence-corrected chi connectivity index (χ0v) is 13.5. The summed E-state index contributed by atoms with van der Waals surface area (Å²) in [4.78, 5) is 7.88. The predicted octanol–water partition coefficient (Wildman–Crippen LogP) is 2.13. The van der Waals surface area contributed by atoms with Gasteiger partial charge in [-0.1, -0.05) is 6.92 Å². The molecule has 0 saturated carbocycles. The molecule has 2 saturated heterocycles. The minimum Gasteiger partial charge on any atom is -0.306 e. The molecule has 112 valence electrons. The van der Waals surface area contributed by atoms with Crippen molar-refractivity contribution in [3.05, 3.63) is 0 Å². The lowest BCUT2D eigenvalue weighted by atomic mass is 9.92. The molecule has 3 heteroatoms. The number of likely N-dealkylation sites (tertiary alicyclic amines) is 1. The van der Waals surface area contributed by atoms with Crippen LogP contribution in [-0.2, 0) is 0 Å². The van der Waals surface area contributed by atoms with E-state index in [9.17, 15) is 0 Å². The van der Waals surface area contributed by atoms with Crippen LogP contribution < -0.4 is 0 Å². The van der Waals surface area contributed by atoms with Gasteiger partial charge < -0.3 is 9.80 Å². The Morgan fingerprint density at radius 1 is 1.05 bits per heavy atom. The van der Waals surface area contributed by atoms with Crippen LogP contribution in [0.2, 0.25) is 0 Å². The average molecular weight is 267 g/mol. The van der Waals surface area contributed by atoms with Gasteiger partial charge in [0.25, 0.3) is 0 Å². The highest BCUT2D eigenvalue weighted by atomic mass is 15.3. The van der Waals surface area contributed by atoms with Gasteiger partial charge in [0, 0.05) is 31.7 Å². The number of rotatable bonds is 4.